The summed E-state index contributed by atoms with van der Waals surface area (Å²) < 4.78 is 20.3. The van der Waals surface area contributed by atoms with Crippen molar-refractivity contribution in [3.8, 4) is 5.75 Å². The van der Waals surface area contributed by atoms with Gasteiger partial charge in [-0.05, 0) is 48.7 Å². The van der Waals surface area contributed by atoms with Gasteiger partial charge in [0.2, 0.25) is 11.7 Å². The molecule has 0 amide bonds. The quantitative estimate of drug-likeness (QED) is 0.702. The molecule has 2 aromatic carbocycles. The monoisotopic (exact) mass is 387 g/mol. The van der Waals surface area contributed by atoms with Crippen molar-refractivity contribution in [3.63, 3.8) is 0 Å². The topological polar surface area (TPSA) is 56.1 Å². The van der Waals surface area contributed by atoms with Crippen molar-refractivity contribution in [1.29, 1.82) is 0 Å². The van der Waals surface area contributed by atoms with Gasteiger partial charge in [-0.25, -0.2) is 4.39 Å². The number of nitrogens with zero attached hydrogens (tertiary/aromatic N) is 2. The molecule has 3 aromatic rings. The Morgan fingerprint density at radius 1 is 1.22 bits per heavy atom. The lowest BCUT2D eigenvalue weighted by Gasteiger charge is -2.17. The van der Waals surface area contributed by atoms with Gasteiger partial charge in [-0.1, -0.05) is 29.8 Å². The molecule has 0 aliphatic heterocycles. The van der Waals surface area contributed by atoms with Crippen molar-refractivity contribution in [2.45, 2.75) is 20.4 Å². The minimum atomic E-state index is -0.482. The Morgan fingerprint density at radius 3 is 2.70 bits per heavy atom. The van der Waals surface area contributed by atoms with E-state index in [4.69, 9.17) is 16.3 Å². The van der Waals surface area contributed by atoms with E-state index in [-0.39, 0.29) is 10.8 Å². The van der Waals surface area contributed by atoms with E-state index in [1.165, 1.54) is 13.2 Å². The van der Waals surface area contributed by atoms with Crippen LogP contribution in [0.5, 0.6) is 5.75 Å². The standard InChI is InChI=1S/C20H19ClFN3O2/c1-12-4-5-13(2)17(8-12)23-20-24-19(26)18(27-3)11-25(20)10-14-6-7-16(22)15(21)9-14/h4-9,11H,10H2,1-3H3,(H,23,24,26). The molecule has 0 saturated heterocycles. The molecule has 5 nitrogen and oxygen atoms in total. The van der Waals surface area contributed by atoms with Gasteiger partial charge >= 0.3 is 5.56 Å². The summed E-state index contributed by atoms with van der Waals surface area (Å²) in [7, 11) is 1.41. The summed E-state index contributed by atoms with van der Waals surface area (Å²) in [6.07, 6.45) is 1.57. The van der Waals surface area contributed by atoms with Crippen LogP contribution in [-0.4, -0.2) is 16.7 Å². The maximum absolute atomic E-state index is 13.4. The van der Waals surface area contributed by atoms with Crippen LogP contribution < -0.4 is 15.6 Å². The maximum atomic E-state index is 13.4. The lowest BCUT2D eigenvalue weighted by molar-refractivity contribution is 0.402. The highest BCUT2D eigenvalue weighted by Crippen LogP contribution is 2.23. The summed E-state index contributed by atoms with van der Waals surface area (Å²) in [4.78, 5) is 16.3. The zero-order chi connectivity index (χ0) is 19.6. The first kappa shape index (κ1) is 18.9. The summed E-state index contributed by atoms with van der Waals surface area (Å²) in [5.74, 6) is -0.00515. The van der Waals surface area contributed by atoms with Gasteiger partial charge in [0.1, 0.15) is 5.82 Å². The number of nitrogens with one attached hydrogen (secondary N) is 1. The van der Waals surface area contributed by atoms with Gasteiger partial charge in [-0.2, -0.15) is 4.98 Å². The first-order valence-electron chi connectivity index (χ1n) is 8.31. The number of ether oxygens (including phenoxy) is 1. The van der Waals surface area contributed by atoms with Crippen molar-refractivity contribution >= 4 is 23.2 Å². The van der Waals surface area contributed by atoms with E-state index in [0.29, 0.717) is 12.5 Å². The average Bonchev–Trinajstić information content (AvgIpc) is 2.63. The highest BCUT2D eigenvalue weighted by molar-refractivity contribution is 6.30. The number of methoxy groups -OCH3 is 1. The van der Waals surface area contributed by atoms with E-state index in [1.807, 2.05) is 32.0 Å². The van der Waals surface area contributed by atoms with E-state index >= 15 is 0 Å². The summed E-state index contributed by atoms with van der Waals surface area (Å²) in [6, 6.07) is 10.5. The molecule has 0 bridgehead atoms. The number of aromatic nitrogens is 2. The Bertz CT molecular complexity index is 1050. The molecule has 0 aliphatic rings. The van der Waals surface area contributed by atoms with Gasteiger partial charge in [0.15, 0.2) is 0 Å². The zero-order valence-electron chi connectivity index (χ0n) is 15.2. The van der Waals surface area contributed by atoms with Crippen LogP contribution in [0.1, 0.15) is 16.7 Å². The zero-order valence-corrected chi connectivity index (χ0v) is 16.0. The summed E-state index contributed by atoms with van der Waals surface area (Å²) in [6.45, 7) is 4.28. The minimum absolute atomic E-state index is 0.0394. The molecule has 0 spiro atoms. The second-order valence-corrected chi connectivity index (χ2v) is 6.66. The highest BCUT2D eigenvalue weighted by atomic mass is 35.5. The molecule has 0 radical (unpaired) electrons. The predicted octanol–water partition coefficient (Wildman–Crippen LogP) is 4.45. The summed E-state index contributed by atoms with van der Waals surface area (Å²) in [5, 5.41) is 3.25. The van der Waals surface area contributed by atoms with Crippen LogP contribution in [-0.2, 0) is 6.54 Å². The van der Waals surface area contributed by atoms with Gasteiger partial charge in [0.25, 0.3) is 0 Å². The van der Waals surface area contributed by atoms with Gasteiger partial charge in [-0.15, -0.1) is 0 Å². The van der Waals surface area contributed by atoms with Crippen LogP contribution in [0.2, 0.25) is 5.02 Å². The minimum Gasteiger partial charge on any atom is -0.490 e. The predicted molar refractivity (Wildman–Crippen MR) is 105 cm³/mol. The number of anilines is 2. The second kappa shape index (κ2) is 7.80. The summed E-state index contributed by atoms with van der Waals surface area (Å²) >= 11 is 5.88. The van der Waals surface area contributed by atoms with Crippen LogP contribution in [0, 0.1) is 19.7 Å². The van der Waals surface area contributed by atoms with Crippen LogP contribution >= 0.6 is 11.6 Å². The molecule has 27 heavy (non-hydrogen) atoms. The average molecular weight is 388 g/mol. The fourth-order valence-corrected chi connectivity index (χ4v) is 2.86. The van der Waals surface area contributed by atoms with Crippen LogP contribution in [0.15, 0.2) is 47.4 Å². The number of benzene rings is 2. The Morgan fingerprint density at radius 2 is 2.00 bits per heavy atom. The second-order valence-electron chi connectivity index (χ2n) is 6.26. The third-order valence-electron chi connectivity index (χ3n) is 4.16. The number of halogens is 2. The van der Waals surface area contributed by atoms with Crippen LogP contribution in [0.25, 0.3) is 0 Å². The van der Waals surface area contributed by atoms with E-state index in [1.54, 1.807) is 22.9 Å². The molecule has 1 N–H and O–H groups in total. The van der Waals surface area contributed by atoms with Gasteiger partial charge < -0.3 is 14.6 Å². The molecule has 0 fully saturated rings. The van der Waals surface area contributed by atoms with E-state index < -0.39 is 11.4 Å². The molecule has 0 aliphatic carbocycles. The van der Waals surface area contributed by atoms with Crippen molar-refractivity contribution in [2.24, 2.45) is 0 Å². The van der Waals surface area contributed by atoms with Crippen molar-refractivity contribution in [1.82, 2.24) is 9.55 Å². The SMILES string of the molecule is COc1cn(Cc2ccc(F)c(Cl)c2)c(Nc2cc(C)ccc2C)nc1=O. The Kier molecular flexibility index (Phi) is 5.46. The highest BCUT2D eigenvalue weighted by Gasteiger charge is 2.12. The molecule has 1 heterocycles. The molecular weight excluding hydrogens is 369 g/mol. The lowest BCUT2D eigenvalue weighted by Crippen LogP contribution is -2.19. The fraction of sp³-hybridized carbons (Fsp3) is 0.200. The summed E-state index contributed by atoms with van der Waals surface area (Å²) in [5.41, 5.74) is 3.23. The van der Waals surface area contributed by atoms with Crippen molar-refractivity contribution in [3.05, 3.63) is 80.5 Å². The Hall–Kier alpha value is -2.86. The van der Waals surface area contributed by atoms with E-state index in [0.717, 1.165) is 22.4 Å². The van der Waals surface area contributed by atoms with E-state index in [2.05, 4.69) is 10.3 Å². The molecule has 140 valence electrons. The van der Waals surface area contributed by atoms with Crippen molar-refractivity contribution < 1.29 is 9.13 Å². The number of hydrogen-bond acceptors (Lipinski definition) is 4. The molecule has 3 rings (SSSR count). The third-order valence-corrected chi connectivity index (χ3v) is 4.45. The smallest absolute Gasteiger partial charge is 0.316 e. The van der Waals surface area contributed by atoms with Gasteiger partial charge in [-0.3, -0.25) is 4.79 Å². The first-order valence-corrected chi connectivity index (χ1v) is 8.69. The van der Waals surface area contributed by atoms with Gasteiger partial charge in [0, 0.05) is 5.69 Å². The number of aryl methyl sites for hydroxylation is 2. The molecule has 1 aromatic heterocycles. The molecule has 0 unspecified atom stereocenters. The maximum Gasteiger partial charge on any atom is 0.316 e. The number of rotatable bonds is 5. The van der Waals surface area contributed by atoms with Crippen LogP contribution in [0.4, 0.5) is 16.0 Å². The largest absolute Gasteiger partial charge is 0.490 e. The van der Waals surface area contributed by atoms with E-state index in [9.17, 15) is 9.18 Å². The number of hydrogen-bond donors (Lipinski definition) is 1. The molecule has 0 saturated carbocycles. The normalized spacial score (nSPS) is 10.7. The molecule has 0 atom stereocenters. The lowest BCUT2D eigenvalue weighted by atomic mass is 10.1. The van der Waals surface area contributed by atoms with Gasteiger partial charge in [0.05, 0.1) is 24.9 Å². The first-order chi connectivity index (χ1) is 12.9. The molecular formula is C20H19ClFN3O2. The fourth-order valence-electron chi connectivity index (χ4n) is 2.66. The van der Waals surface area contributed by atoms with Crippen LogP contribution in [0.3, 0.4) is 0 Å². The Labute approximate surface area is 161 Å². The third kappa shape index (κ3) is 4.28. The Balaban J connectivity index is 2.04. The molecule has 7 heteroatoms. The van der Waals surface area contributed by atoms with Crippen molar-refractivity contribution in [2.75, 3.05) is 12.4 Å².